The number of carboxylic acids is 2. The minimum Gasteiger partial charge on any atom is -0.497 e. The van der Waals surface area contributed by atoms with Gasteiger partial charge in [0.1, 0.15) is 18.3 Å². The standard InChI is InChI=1S/C22H27NO.C2H2O4/c1-17-13-14-23(16-20-7-5-4-6-8-20)22(18(17)2)15-19-9-11-21(24-3)12-10-19;3-1(4)2(5)6/h4-12,22H,13-16H2,1-3H3;(H,3,4)(H,5,6)/p+1. The Morgan fingerprint density at radius 1 is 0.967 bits per heavy atom. The number of benzene rings is 2. The van der Waals surface area contributed by atoms with E-state index in [1.54, 1.807) is 23.2 Å². The highest BCUT2D eigenvalue weighted by molar-refractivity contribution is 6.27. The molecular weight excluding hydrogens is 382 g/mol. The van der Waals surface area contributed by atoms with Crippen LogP contribution in [0, 0.1) is 0 Å². The summed E-state index contributed by atoms with van der Waals surface area (Å²) in [6, 6.07) is 20.0. The molecule has 160 valence electrons. The second-order valence-electron chi connectivity index (χ2n) is 7.50. The van der Waals surface area contributed by atoms with Gasteiger partial charge in [0, 0.05) is 18.4 Å². The first kappa shape index (κ1) is 23.2. The van der Waals surface area contributed by atoms with Crippen molar-refractivity contribution < 1.29 is 29.4 Å². The molecule has 0 aliphatic carbocycles. The van der Waals surface area contributed by atoms with E-state index in [1.165, 1.54) is 24.1 Å². The minimum atomic E-state index is -1.82. The summed E-state index contributed by atoms with van der Waals surface area (Å²) in [5, 5.41) is 14.8. The van der Waals surface area contributed by atoms with Crippen molar-refractivity contribution in [3.05, 3.63) is 76.9 Å². The van der Waals surface area contributed by atoms with Gasteiger partial charge >= 0.3 is 11.9 Å². The van der Waals surface area contributed by atoms with Crippen molar-refractivity contribution in [2.45, 2.75) is 39.3 Å². The van der Waals surface area contributed by atoms with Gasteiger partial charge in [0.25, 0.3) is 0 Å². The maximum absolute atomic E-state index is 9.10. The van der Waals surface area contributed by atoms with Gasteiger partial charge < -0.3 is 19.8 Å². The van der Waals surface area contributed by atoms with E-state index in [2.05, 4.69) is 68.4 Å². The smallest absolute Gasteiger partial charge is 0.414 e. The normalized spacial score (nSPS) is 18.2. The highest BCUT2D eigenvalue weighted by Gasteiger charge is 2.29. The minimum absolute atomic E-state index is 0.562. The van der Waals surface area contributed by atoms with Crippen LogP contribution in [0.1, 0.15) is 31.4 Å². The Bertz CT molecular complexity index is 862. The lowest BCUT2D eigenvalue weighted by Crippen LogP contribution is -3.15. The van der Waals surface area contributed by atoms with E-state index < -0.39 is 11.9 Å². The van der Waals surface area contributed by atoms with Gasteiger partial charge in [-0.25, -0.2) is 9.59 Å². The Balaban J connectivity index is 0.000000469. The van der Waals surface area contributed by atoms with Crippen molar-refractivity contribution in [1.29, 1.82) is 0 Å². The van der Waals surface area contributed by atoms with Crippen molar-refractivity contribution in [3.8, 4) is 5.75 Å². The average Bonchev–Trinajstić information content (AvgIpc) is 2.75. The lowest BCUT2D eigenvalue weighted by atomic mass is 9.90. The van der Waals surface area contributed by atoms with E-state index in [1.807, 2.05) is 0 Å². The summed E-state index contributed by atoms with van der Waals surface area (Å²) >= 11 is 0. The predicted molar refractivity (Wildman–Crippen MR) is 115 cm³/mol. The summed E-state index contributed by atoms with van der Waals surface area (Å²) in [7, 11) is 1.72. The number of hydrogen-bond acceptors (Lipinski definition) is 3. The summed E-state index contributed by atoms with van der Waals surface area (Å²) in [6.45, 7) is 6.95. The van der Waals surface area contributed by atoms with E-state index in [9.17, 15) is 0 Å². The third-order valence-electron chi connectivity index (χ3n) is 5.57. The molecule has 3 N–H and O–H groups in total. The summed E-state index contributed by atoms with van der Waals surface area (Å²) in [5.41, 5.74) is 5.97. The summed E-state index contributed by atoms with van der Waals surface area (Å²) in [4.78, 5) is 19.9. The Morgan fingerprint density at radius 2 is 1.57 bits per heavy atom. The molecule has 2 aromatic carbocycles. The number of carbonyl (C=O) groups is 2. The van der Waals surface area contributed by atoms with Crippen molar-refractivity contribution in [2.24, 2.45) is 0 Å². The van der Waals surface area contributed by atoms with Crippen LogP contribution in [0.15, 0.2) is 65.7 Å². The molecule has 1 aliphatic heterocycles. The molecule has 6 nitrogen and oxygen atoms in total. The molecule has 0 saturated heterocycles. The number of methoxy groups -OCH3 is 1. The first-order valence-corrected chi connectivity index (χ1v) is 9.95. The molecular formula is C24H30NO5+. The highest BCUT2D eigenvalue weighted by Crippen LogP contribution is 2.19. The SMILES string of the molecule is COc1ccc(CC2C(C)=C(C)CC[NH+]2Cc2ccccc2)cc1.O=C(O)C(=O)O. The topological polar surface area (TPSA) is 88.3 Å². The molecule has 30 heavy (non-hydrogen) atoms. The monoisotopic (exact) mass is 412 g/mol. The van der Waals surface area contributed by atoms with Crippen LogP contribution in [0.4, 0.5) is 0 Å². The number of carboxylic acid groups (broad SMARTS) is 2. The van der Waals surface area contributed by atoms with Gasteiger partial charge in [0.15, 0.2) is 0 Å². The Morgan fingerprint density at radius 3 is 2.10 bits per heavy atom. The molecule has 0 radical (unpaired) electrons. The van der Waals surface area contributed by atoms with Gasteiger partial charge in [0.2, 0.25) is 0 Å². The maximum atomic E-state index is 9.10. The molecule has 2 unspecified atom stereocenters. The fourth-order valence-corrected chi connectivity index (χ4v) is 3.69. The largest absolute Gasteiger partial charge is 0.497 e. The van der Waals surface area contributed by atoms with Gasteiger partial charge in [-0.05, 0) is 37.1 Å². The Labute approximate surface area is 177 Å². The van der Waals surface area contributed by atoms with Gasteiger partial charge in [-0.3, -0.25) is 0 Å². The van der Waals surface area contributed by atoms with E-state index >= 15 is 0 Å². The number of hydrogen-bond donors (Lipinski definition) is 3. The third-order valence-corrected chi connectivity index (χ3v) is 5.57. The van der Waals surface area contributed by atoms with Crippen LogP contribution in [0.25, 0.3) is 0 Å². The molecule has 1 heterocycles. The van der Waals surface area contributed by atoms with Crippen LogP contribution in [0.2, 0.25) is 0 Å². The van der Waals surface area contributed by atoms with Crippen LogP contribution in [-0.2, 0) is 22.6 Å². The molecule has 2 atom stereocenters. The lowest BCUT2D eigenvalue weighted by molar-refractivity contribution is -0.935. The molecule has 0 spiro atoms. The van der Waals surface area contributed by atoms with Gasteiger partial charge in [-0.1, -0.05) is 48.0 Å². The first-order chi connectivity index (χ1) is 14.3. The fraction of sp³-hybridized carbons (Fsp3) is 0.333. The molecule has 1 aliphatic rings. The third kappa shape index (κ3) is 6.74. The van der Waals surface area contributed by atoms with Crippen molar-refractivity contribution in [3.63, 3.8) is 0 Å². The molecule has 0 aromatic heterocycles. The van der Waals surface area contributed by atoms with Crippen LogP contribution in [0.3, 0.4) is 0 Å². The van der Waals surface area contributed by atoms with E-state index in [0.717, 1.165) is 18.7 Å². The van der Waals surface area contributed by atoms with Crippen LogP contribution >= 0.6 is 0 Å². The number of quaternary nitrogens is 1. The summed E-state index contributed by atoms with van der Waals surface area (Å²) in [6.07, 6.45) is 2.31. The van der Waals surface area contributed by atoms with Gasteiger partial charge in [-0.2, -0.15) is 0 Å². The zero-order valence-corrected chi connectivity index (χ0v) is 17.7. The Hall–Kier alpha value is -3.12. The van der Waals surface area contributed by atoms with E-state index in [-0.39, 0.29) is 0 Å². The van der Waals surface area contributed by atoms with Crippen molar-refractivity contribution in [2.75, 3.05) is 13.7 Å². The number of aliphatic carboxylic acids is 2. The molecule has 0 fully saturated rings. The zero-order chi connectivity index (χ0) is 22.1. The highest BCUT2D eigenvalue weighted by atomic mass is 16.5. The van der Waals surface area contributed by atoms with Crippen molar-refractivity contribution in [1.82, 2.24) is 0 Å². The molecule has 6 heteroatoms. The van der Waals surface area contributed by atoms with Gasteiger partial charge in [-0.15, -0.1) is 0 Å². The Kier molecular flexibility index (Phi) is 8.62. The van der Waals surface area contributed by atoms with Crippen molar-refractivity contribution >= 4 is 11.9 Å². The molecule has 0 amide bonds. The second kappa shape index (κ2) is 11.2. The molecule has 2 aromatic rings. The summed E-state index contributed by atoms with van der Waals surface area (Å²) in [5.74, 6) is -2.72. The van der Waals surface area contributed by atoms with E-state index in [0.29, 0.717) is 6.04 Å². The van der Waals surface area contributed by atoms with Gasteiger partial charge in [0.05, 0.1) is 13.7 Å². The first-order valence-electron chi connectivity index (χ1n) is 9.95. The quantitative estimate of drug-likeness (QED) is 0.519. The lowest BCUT2D eigenvalue weighted by Gasteiger charge is -2.34. The van der Waals surface area contributed by atoms with Crippen LogP contribution < -0.4 is 9.64 Å². The molecule has 0 bridgehead atoms. The maximum Gasteiger partial charge on any atom is 0.414 e. The molecule has 3 rings (SSSR count). The summed E-state index contributed by atoms with van der Waals surface area (Å²) < 4.78 is 5.28. The average molecular weight is 413 g/mol. The fourth-order valence-electron chi connectivity index (χ4n) is 3.69. The zero-order valence-electron chi connectivity index (χ0n) is 17.7. The second-order valence-corrected chi connectivity index (χ2v) is 7.50. The van der Waals surface area contributed by atoms with Crippen LogP contribution in [0.5, 0.6) is 5.75 Å². The van der Waals surface area contributed by atoms with E-state index in [4.69, 9.17) is 24.5 Å². The predicted octanol–water partition coefficient (Wildman–Crippen LogP) is 2.59. The number of rotatable bonds is 5. The molecule has 0 saturated carbocycles. The van der Waals surface area contributed by atoms with Crippen LogP contribution in [-0.4, -0.2) is 41.8 Å². The number of ether oxygens (including phenoxy) is 1. The number of nitrogens with one attached hydrogen (secondary N) is 1.